The largest absolute Gasteiger partial charge is 0.461 e. The van der Waals surface area contributed by atoms with E-state index in [0.29, 0.717) is 17.7 Å². The Bertz CT molecular complexity index is 1150. The van der Waals surface area contributed by atoms with Gasteiger partial charge in [0.25, 0.3) is 5.24 Å². The van der Waals surface area contributed by atoms with Gasteiger partial charge in [0, 0.05) is 66.3 Å². The molecule has 236 valence electrons. The van der Waals surface area contributed by atoms with Crippen molar-refractivity contribution in [1.82, 2.24) is 9.80 Å². The minimum atomic E-state index is -0.393. The van der Waals surface area contributed by atoms with Crippen molar-refractivity contribution < 1.29 is 28.9 Å². The molecular weight excluding hydrogens is 1250 g/mol. The highest BCUT2D eigenvalue weighted by molar-refractivity contribution is 14.1. The zero-order valence-corrected chi connectivity index (χ0v) is 35.5. The van der Waals surface area contributed by atoms with Crippen LogP contribution in [0.4, 0.5) is 0 Å². The van der Waals surface area contributed by atoms with E-state index in [2.05, 4.69) is 145 Å². The van der Waals surface area contributed by atoms with Crippen molar-refractivity contribution in [3.05, 3.63) is 56.8 Å². The van der Waals surface area contributed by atoms with Crippen LogP contribution in [0.15, 0.2) is 24.3 Å². The summed E-state index contributed by atoms with van der Waals surface area (Å²) in [6.45, 7) is 9.20. The number of hydrogen-bond acceptors (Lipinski definition) is 8. The molecule has 4 rings (SSSR count). The first-order valence-electron chi connectivity index (χ1n) is 12.4. The van der Waals surface area contributed by atoms with Crippen molar-refractivity contribution in [2.75, 3.05) is 78.9 Å². The highest BCUT2D eigenvalue weighted by Gasteiger charge is 2.16. The zero-order valence-electron chi connectivity index (χ0n) is 21.8. The van der Waals surface area contributed by atoms with Gasteiger partial charge in [-0.2, -0.15) is 0 Å². The molecule has 2 aromatic rings. The monoisotopic (exact) mass is 1280 g/mol. The summed E-state index contributed by atoms with van der Waals surface area (Å²) in [5, 5.41) is 8.14. The highest BCUT2D eigenvalue weighted by Crippen LogP contribution is 2.24. The molecule has 2 saturated heterocycles. The van der Waals surface area contributed by atoms with Crippen LogP contribution < -0.4 is 0 Å². The standard InChI is InChI=1S/C13H14I3NO3.C7H2ClI3O.C6H13NO2.CH4/c14-9-7-10(12(16)11(15)8-9)13(18)20-6-3-17-1-4-19-5-2-17;8-7(12)4-1-3(9)2-5(10)6(4)11;8-4-1-7-2-5-9-6-3-7;/h7-8H,1-6H2;1-2H;8H,1-6H2;1H4. The van der Waals surface area contributed by atoms with E-state index in [9.17, 15) is 9.59 Å². The first-order valence-corrected chi connectivity index (χ1v) is 19.3. The minimum absolute atomic E-state index is 0. The van der Waals surface area contributed by atoms with Gasteiger partial charge in [-0.25, -0.2) is 4.79 Å². The number of carbonyl (C=O) groups excluding carboxylic acids is 2. The second kappa shape index (κ2) is 23.4. The van der Waals surface area contributed by atoms with Crippen molar-refractivity contribution in [1.29, 1.82) is 0 Å². The van der Waals surface area contributed by atoms with Gasteiger partial charge in [-0.15, -0.1) is 0 Å². The van der Waals surface area contributed by atoms with Crippen molar-refractivity contribution >= 4 is 158 Å². The Morgan fingerprint density at radius 1 is 0.762 bits per heavy atom. The summed E-state index contributed by atoms with van der Waals surface area (Å²) < 4.78 is 21.9. The third-order valence-electron chi connectivity index (χ3n) is 5.68. The molecule has 0 aliphatic carbocycles. The van der Waals surface area contributed by atoms with Gasteiger partial charge < -0.3 is 19.3 Å². The molecule has 8 nitrogen and oxygen atoms in total. The van der Waals surface area contributed by atoms with Gasteiger partial charge in [0.1, 0.15) is 6.61 Å². The van der Waals surface area contributed by atoms with Crippen LogP contribution in [0.2, 0.25) is 0 Å². The smallest absolute Gasteiger partial charge is 0.339 e. The number of hydrogen-bond donors (Lipinski definition) is 1. The van der Waals surface area contributed by atoms with E-state index in [-0.39, 0.29) is 20.0 Å². The summed E-state index contributed by atoms with van der Waals surface area (Å²) in [4.78, 5) is 27.5. The summed E-state index contributed by atoms with van der Waals surface area (Å²) >= 11 is 18.5. The Morgan fingerprint density at radius 2 is 1.19 bits per heavy atom. The van der Waals surface area contributed by atoms with Crippen LogP contribution in [0.5, 0.6) is 0 Å². The molecule has 0 aromatic heterocycles. The quantitative estimate of drug-likeness (QED) is 0.140. The number of benzene rings is 2. The molecule has 0 radical (unpaired) electrons. The van der Waals surface area contributed by atoms with Gasteiger partial charge in [-0.1, -0.05) is 7.43 Å². The van der Waals surface area contributed by atoms with Crippen LogP contribution in [0, 0.1) is 21.4 Å². The average molecular weight is 1280 g/mol. The van der Waals surface area contributed by atoms with Gasteiger partial charge >= 0.3 is 5.97 Å². The summed E-state index contributed by atoms with van der Waals surface area (Å²) in [5.41, 5.74) is 1.25. The third-order valence-corrected chi connectivity index (χ3v) is 13.2. The number of β-amino-alcohol motifs (C(OH)–C–C–N with tert-alkyl or cyclic N) is 1. The maximum Gasteiger partial charge on any atom is 0.339 e. The fourth-order valence-electron chi connectivity index (χ4n) is 3.54. The molecule has 0 atom stereocenters. The Morgan fingerprint density at radius 3 is 1.64 bits per heavy atom. The number of halogens is 7. The van der Waals surface area contributed by atoms with Crippen LogP contribution in [0.1, 0.15) is 28.1 Å². The minimum Gasteiger partial charge on any atom is -0.461 e. The summed E-state index contributed by atoms with van der Waals surface area (Å²) in [7, 11) is 0. The predicted octanol–water partition coefficient (Wildman–Crippen LogP) is 6.82. The van der Waals surface area contributed by atoms with E-state index >= 15 is 0 Å². The topological polar surface area (TPSA) is 88.5 Å². The number of aliphatic hydroxyl groups is 1. The van der Waals surface area contributed by atoms with Crippen molar-refractivity contribution in [2.45, 2.75) is 7.43 Å². The van der Waals surface area contributed by atoms with Crippen LogP contribution in [-0.2, 0) is 14.2 Å². The predicted molar refractivity (Wildman–Crippen MR) is 218 cm³/mol. The van der Waals surface area contributed by atoms with Gasteiger partial charge in [0.2, 0.25) is 0 Å². The first kappa shape index (κ1) is 42.1. The van der Waals surface area contributed by atoms with E-state index in [1.54, 1.807) is 6.07 Å². The maximum atomic E-state index is 12.1. The Labute approximate surface area is 335 Å². The van der Waals surface area contributed by atoms with Crippen molar-refractivity contribution in [2.24, 2.45) is 0 Å². The maximum absolute atomic E-state index is 12.1. The van der Waals surface area contributed by atoms with Crippen LogP contribution in [0.25, 0.3) is 0 Å². The van der Waals surface area contributed by atoms with Crippen molar-refractivity contribution in [3.8, 4) is 0 Å². The second-order valence-electron chi connectivity index (χ2n) is 8.54. The van der Waals surface area contributed by atoms with E-state index in [0.717, 1.165) is 87.1 Å². The molecule has 15 heteroatoms. The lowest BCUT2D eigenvalue weighted by molar-refractivity contribution is 0.0195. The fourth-order valence-corrected chi connectivity index (χ4v) is 8.63. The Balaban J connectivity index is 0.000000342. The van der Waals surface area contributed by atoms with E-state index in [4.69, 9.17) is 30.9 Å². The number of carbonyl (C=O) groups is 2. The molecular formula is C27H33ClI6N2O6. The van der Waals surface area contributed by atoms with Gasteiger partial charge in [-0.05, 0) is 171 Å². The summed E-state index contributed by atoms with van der Waals surface area (Å²) in [6.07, 6.45) is 0. The molecule has 0 spiro atoms. The lowest BCUT2D eigenvalue weighted by Gasteiger charge is -2.26. The van der Waals surface area contributed by atoms with Crippen molar-refractivity contribution in [3.63, 3.8) is 0 Å². The molecule has 42 heavy (non-hydrogen) atoms. The molecule has 2 aromatic carbocycles. The third kappa shape index (κ3) is 15.8. The Hall–Kier alpha value is 2.05. The molecule has 2 fully saturated rings. The molecule has 2 heterocycles. The van der Waals surface area contributed by atoms with Crippen LogP contribution in [-0.4, -0.2) is 105 Å². The summed E-state index contributed by atoms with van der Waals surface area (Å²) in [5.74, 6) is -0.237. The number of morpholine rings is 2. The van der Waals surface area contributed by atoms with E-state index in [1.807, 2.05) is 18.2 Å². The number of nitrogens with zero attached hydrogens (tertiary/aromatic N) is 2. The Kier molecular flexibility index (Phi) is 23.4. The first-order chi connectivity index (χ1) is 19.5. The SMILES string of the molecule is C.O=C(Cl)c1cc(I)cc(I)c1I.O=C(OCCN1CCOCC1)c1cc(I)cc(I)c1I.OCCN1CCOCC1. The van der Waals surface area contributed by atoms with Gasteiger partial charge in [0.05, 0.1) is 38.6 Å². The normalized spacial score (nSPS) is 15.3. The molecule has 0 saturated carbocycles. The number of esters is 1. The number of ether oxygens (including phenoxy) is 3. The van der Waals surface area contributed by atoms with Gasteiger partial charge in [0.15, 0.2) is 0 Å². The summed E-state index contributed by atoms with van der Waals surface area (Å²) in [6, 6.07) is 7.72. The highest BCUT2D eigenvalue weighted by atomic mass is 127. The fraction of sp³-hybridized carbons (Fsp3) is 0.481. The van der Waals surface area contributed by atoms with Crippen LogP contribution >= 0.6 is 147 Å². The average Bonchev–Trinajstić information content (AvgIpc) is 2.94. The van der Waals surface area contributed by atoms with Gasteiger partial charge in [-0.3, -0.25) is 14.6 Å². The zero-order chi connectivity index (χ0) is 30.4. The molecule has 2 aliphatic rings. The molecule has 0 amide bonds. The molecule has 2 aliphatic heterocycles. The number of aliphatic hydroxyl groups excluding tert-OH is 1. The second-order valence-corrected chi connectivity index (χ2v) is 15.9. The van der Waals surface area contributed by atoms with Crippen LogP contribution in [0.3, 0.4) is 0 Å². The molecule has 0 unspecified atom stereocenters. The number of rotatable bonds is 7. The van der Waals surface area contributed by atoms with E-state index in [1.165, 1.54) is 0 Å². The molecule has 0 bridgehead atoms. The van der Waals surface area contributed by atoms with E-state index < -0.39 is 5.24 Å². The molecule has 1 N–H and O–H groups in total. The lowest BCUT2D eigenvalue weighted by Crippen LogP contribution is -2.38. The lowest BCUT2D eigenvalue weighted by atomic mass is 10.2.